The van der Waals surface area contributed by atoms with E-state index in [0.717, 1.165) is 45.0 Å². The topological polar surface area (TPSA) is 39.7 Å². The van der Waals surface area contributed by atoms with Gasteiger partial charge < -0.3 is 9.80 Å². The van der Waals surface area contributed by atoms with Crippen molar-refractivity contribution < 1.29 is 4.79 Å². The van der Waals surface area contributed by atoms with E-state index in [-0.39, 0.29) is 5.91 Å². The Morgan fingerprint density at radius 1 is 1.29 bits per heavy atom. The van der Waals surface area contributed by atoms with Gasteiger partial charge in [-0.3, -0.25) is 9.69 Å². The third kappa shape index (κ3) is 4.70. The molecular formula is C16H26N4O. The number of hydrogen-bond donors (Lipinski definition) is 0. The third-order valence-corrected chi connectivity index (χ3v) is 3.90. The standard InChI is InChI=1S/C16H26N4O/c1-3-4-9-18(2)14-16(21)20-12-10-19(11-13-20)15-7-5-6-8-17-15/h5-8H,3-4,9-14H2,1-2H3. The van der Waals surface area contributed by atoms with Crippen LogP contribution in [0.1, 0.15) is 19.8 Å². The number of aromatic nitrogens is 1. The summed E-state index contributed by atoms with van der Waals surface area (Å²) in [6.45, 7) is 7.00. The number of nitrogens with zero attached hydrogens (tertiary/aromatic N) is 4. The summed E-state index contributed by atoms with van der Waals surface area (Å²) in [7, 11) is 2.03. The van der Waals surface area contributed by atoms with Crippen molar-refractivity contribution in [2.24, 2.45) is 0 Å². The Balaban J connectivity index is 1.77. The molecule has 1 saturated heterocycles. The number of piperazine rings is 1. The Hall–Kier alpha value is -1.62. The first-order valence-electron chi connectivity index (χ1n) is 7.83. The summed E-state index contributed by atoms with van der Waals surface area (Å²) < 4.78 is 0. The van der Waals surface area contributed by atoms with E-state index in [1.807, 2.05) is 36.3 Å². The van der Waals surface area contributed by atoms with E-state index in [4.69, 9.17) is 0 Å². The molecule has 2 heterocycles. The Morgan fingerprint density at radius 3 is 2.67 bits per heavy atom. The Labute approximate surface area is 127 Å². The van der Waals surface area contributed by atoms with Crippen molar-refractivity contribution in [1.29, 1.82) is 0 Å². The Kier molecular flexibility index (Phi) is 5.99. The van der Waals surface area contributed by atoms with Crippen molar-refractivity contribution >= 4 is 11.7 Å². The van der Waals surface area contributed by atoms with Crippen LogP contribution in [0.25, 0.3) is 0 Å². The summed E-state index contributed by atoms with van der Waals surface area (Å²) in [5, 5.41) is 0. The van der Waals surface area contributed by atoms with Gasteiger partial charge in [-0.05, 0) is 32.1 Å². The second kappa shape index (κ2) is 7.98. The third-order valence-electron chi connectivity index (χ3n) is 3.90. The summed E-state index contributed by atoms with van der Waals surface area (Å²) >= 11 is 0. The van der Waals surface area contributed by atoms with Crippen LogP contribution in [0.4, 0.5) is 5.82 Å². The summed E-state index contributed by atoms with van der Waals surface area (Å²) in [6, 6.07) is 5.95. The monoisotopic (exact) mass is 290 g/mol. The van der Waals surface area contributed by atoms with Crippen molar-refractivity contribution in [3.8, 4) is 0 Å². The van der Waals surface area contributed by atoms with Gasteiger partial charge in [0.15, 0.2) is 0 Å². The molecule has 1 fully saturated rings. The number of unbranched alkanes of at least 4 members (excludes halogenated alkanes) is 1. The highest BCUT2D eigenvalue weighted by Crippen LogP contribution is 2.12. The fraction of sp³-hybridized carbons (Fsp3) is 0.625. The van der Waals surface area contributed by atoms with Gasteiger partial charge in [0.25, 0.3) is 0 Å². The summed E-state index contributed by atoms with van der Waals surface area (Å²) in [6.07, 6.45) is 4.13. The SMILES string of the molecule is CCCCN(C)CC(=O)N1CCN(c2ccccn2)CC1. The number of anilines is 1. The zero-order chi connectivity index (χ0) is 15.1. The maximum atomic E-state index is 12.3. The minimum atomic E-state index is 0.245. The molecule has 1 aromatic rings. The average Bonchev–Trinajstić information content (AvgIpc) is 2.54. The highest BCUT2D eigenvalue weighted by Gasteiger charge is 2.22. The zero-order valence-electron chi connectivity index (χ0n) is 13.2. The first-order valence-corrected chi connectivity index (χ1v) is 7.83. The fourth-order valence-corrected chi connectivity index (χ4v) is 2.56. The van der Waals surface area contributed by atoms with Crippen LogP contribution in [0.5, 0.6) is 0 Å². The smallest absolute Gasteiger partial charge is 0.236 e. The molecule has 0 aliphatic carbocycles. The molecule has 0 bridgehead atoms. The second-order valence-corrected chi connectivity index (χ2v) is 5.65. The molecule has 1 amide bonds. The molecule has 0 aromatic carbocycles. The normalized spacial score (nSPS) is 15.6. The molecule has 0 atom stereocenters. The average molecular weight is 290 g/mol. The molecule has 0 spiro atoms. The molecule has 21 heavy (non-hydrogen) atoms. The lowest BCUT2D eigenvalue weighted by Gasteiger charge is -2.36. The van der Waals surface area contributed by atoms with Crippen LogP contribution in [0.2, 0.25) is 0 Å². The lowest BCUT2D eigenvalue weighted by atomic mass is 10.3. The number of carbonyl (C=O) groups is 1. The molecule has 5 nitrogen and oxygen atoms in total. The van der Waals surface area contributed by atoms with Crippen LogP contribution in [-0.2, 0) is 4.79 Å². The molecule has 0 radical (unpaired) electrons. The van der Waals surface area contributed by atoms with Gasteiger partial charge in [-0.15, -0.1) is 0 Å². The Morgan fingerprint density at radius 2 is 2.05 bits per heavy atom. The van der Waals surface area contributed by atoms with Crippen molar-refractivity contribution in [1.82, 2.24) is 14.8 Å². The lowest BCUT2D eigenvalue weighted by molar-refractivity contribution is -0.132. The fourth-order valence-electron chi connectivity index (χ4n) is 2.56. The highest BCUT2D eigenvalue weighted by molar-refractivity contribution is 5.78. The van der Waals surface area contributed by atoms with E-state index >= 15 is 0 Å². The van der Waals surface area contributed by atoms with Gasteiger partial charge in [0.05, 0.1) is 6.54 Å². The van der Waals surface area contributed by atoms with Gasteiger partial charge in [-0.1, -0.05) is 19.4 Å². The second-order valence-electron chi connectivity index (χ2n) is 5.65. The quantitative estimate of drug-likeness (QED) is 0.795. The molecule has 116 valence electrons. The number of carbonyl (C=O) groups excluding carboxylic acids is 1. The zero-order valence-corrected chi connectivity index (χ0v) is 13.2. The molecule has 5 heteroatoms. The van der Waals surface area contributed by atoms with Crippen LogP contribution >= 0.6 is 0 Å². The number of hydrogen-bond acceptors (Lipinski definition) is 4. The van der Waals surface area contributed by atoms with Crippen LogP contribution in [0.15, 0.2) is 24.4 Å². The van der Waals surface area contributed by atoms with Crippen LogP contribution in [0.3, 0.4) is 0 Å². The molecule has 0 unspecified atom stereocenters. The number of likely N-dealkylation sites (N-methyl/N-ethyl adjacent to an activating group) is 1. The van der Waals surface area contributed by atoms with Crippen molar-refractivity contribution in [2.45, 2.75) is 19.8 Å². The van der Waals surface area contributed by atoms with Gasteiger partial charge in [-0.25, -0.2) is 4.98 Å². The number of amides is 1. The molecule has 0 N–H and O–H groups in total. The number of rotatable bonds is 6. The van der Waals surface area contributed by atoms with Crippen molar-refractivity contribution in [3.63, 3.8) is 0 Å². The van der Waals surface area contributed by atoms with E-state index in [1.165, 1.54) is 6.42 Å². The van der Waals surface area contributed by atoms with E-state index in [1.54, 1.807) is 0 Å². The summed E-state index contributed by atoms with van der Waals surface area (Å²) in [5.74, 6) is 1.25. The molecule has 0 saturated carbocycles. The minimum absolute atomic E-state index is 0.245. The molecule has 1 aromatic heterocycles. The maximum Gasteiger partial charge on any atom is 0.236 e. The first-order chi connectivity index (χ1) is 10.2. The van der Waals surface area contributed by atoms with Gasteiger partial charge in [0, 0.05) is 32.4 Å². The van der Waals surface area contributed by atoms with Crippen molar-refractivity contribution in [2.75, 3.05) is 51.2 Å². The van der Waals surface area contributed by atoms with Gasteiger partial charge in [0.1, 0.15) is 5.82 Å². The summed E-state index contributed by atoms with van der Waals surface area (Å²) in [4.78, 5) is 23.0. The minimum Gasteiger partial charge on any atom is -0.353 e. The first kappa shape index (κ1) is 15.8. The van der Waals surface area contributed by atoms with Gasteiger partial charge in [0.2, 0.25) is 5.91 Å². The molecule has 1 aliphatic heterocycles. The molecule has 1 aliphatic rings. The predicted octanol–water partition coefficient (Wildman–Crippen LogP) is 1.46. The lowest BCUT2D eigenvalue weighted by Crippen LogP contribution is -2.51. The summed E-state index contributed by atoms with van der Waals surface area (Å²) in [5.41, 5.74) is 0. The van der Waals surface area contributed by atoms with Crippen molar-refractivity contribution in [3.05, 3.63) is 24.4 Å². The highest BCUT2D eigenvalue weighted by atomic mass is 16.2. The van der Waals surface area contributed by atoms with E-state index in [9.17, 15) is 4.79 Å². The van der Waals surface area contributed by atoms with Gasteiger partial charge in [-0.2, -0.15) is 0 Å². The van der Waals surface area contributed by atoms with E-state index in [2.05, 4.69) is 21.7 Å². The largest absolute Gasteiger partial charge is 0.353 e. The maximum absolute atomic E-state index is 12.3. The van der Waals surface area contributed by atoms with E-state index < -0.39 is 0 Å². The van der Waals surface area contributed by atoms with Gasteiger partial charge >= 0.3 is 0 Å². The number of pyridine rings is 1. The molecule has 2 rings (SSSR count). The van der Waals surface area contributed by atoms with Crippen LogP contribution in [-0.4, -0.2) is 67.0 Å². The van der Waals surface area contributed by atoms with E-state index in [0.29, 0.717) is 6.54 Å². The molecular weight excluding hydrogens is 264 g/mol. The Bertz CT molecular complexity index is 429. The van der Waals surface area contributed by atoms with Crippen LogP contribution < -0.4 is 4.90 Å². The van der Waals surface area contributed by atoms with Crippen LogP contribution in [0, 0.1) is 0 Å². The predicted molar refractivity (Wildman–Crippen MR) is 85.4 cm³/mol.